The van der Waals surface area contributed by atoms with Crippen molar-refractivity contribution >= 4 is 11.3 Å². The van der Waals surface area contributed by atoms with Crippen LogP contribution in [0.2, 0.25) is 0 Å². The molecule has 0 amide bonds. The molecule has 0 saturated carbocycles. The molecule has 3 heteroatoms. The van der Waals surface area contributed by atoms with Crippen LogP contribution in [0.5, 0.6) is 0 Å². The summed E-state index contributed by atoms with van der Waals surface area (Å²) in [5.74, 6) is 1.27. The number of hydrogen-bond acceptors (Lipinski definition) is 3. The summed E-state index contributed by atoms with van der Waals surface area (Å²) >= 11 is 2.00. The number of hydrogen-bond donors (Lipinski definition) is 2. The zero-order valence-corrected chi connectivity index (χ0v) is 11.8. The van der Waals surface area contributed by atoms with Crippen molar-refractivity contribution in [3.63, 3.8) is 0 Å². The number of thiophene rings is 1. The molecule has 0 aliphatic heterocycles. The van der Waals surface area contributed by atoms with Gasteiger partial charge in [-0.1, -0.05) is 13.8 Å². The van der Waals surface area contributed by atoms with Crippen LogP contribution in [0.1, 0.15) is 35.6 Å². The molecule has 1 aromatic heterocycles. The zero-order chi connectivity index (χ0) is 12.3. The molecule has 1 atom stereocenters. The van der Waals surface area contributed by atoms with Crippen molar-refractivity contribution in [3.8, 4) is 0 Å². The van der Waals surface area contributed by atoms with Gasteiger partial charge in [0.15, 0.2) is 0 Å². The Bertz CT molecular complexity index is 336. The van der Waals surface area contributed by atoms with E-state index in [9.17, 15) is 0 Å². The van der Waals surface area contributed by atoms with Gasteiger partial charge in [0.25, 0.3) is 0 Å². The Labute approximate surface area is 109 Å². The van der Waals surface area contributed by atoms with Crippen LogP contribution in [0.4, 0.5) is 0 Å². The van der Waals surface area contributed by atoms with Gasteiger partial charge in [0.05, 0.1) is 0 Å². The molecule has 0 saturated heterocycles. The lowest BCUT2D eigenvalue weighted by molar-refractivity contribution is 0.371. The van der Waals surface area contributed by atoms with Gasteiger partial charge in [-0.05, 0) is 55.8 Å². The molecule has 3 N–H and O–H groups in total. The molecule has 0 aromatic carbocycles. The maximum atomic E-state index is 5.77. The van der Waals surface area contributed by atoms with Gasteiger partial charge in [-0.25, -0.2) is 0 Å². The van der Waals surface area contributed by atoms with Crippen LogP contribution in [-0.4, -0.2) is 13.1 Å². The Balaban J connectivity index is 1.78. The smallest absolute Gasteiger partial charge is 0.0300 e. The number of nitrogens with two attached hydrogens (primary N) is 1. The van der Waals surface area contributed by atoms with Gasteiger partial charge in [0.2, 0.25) is 0 Å². The monoisotopic (exact) mass is 252 g/mol. The van der Waals surface area contributed by atoms with Crippen LogP contribution in [0.25, 0.3) is 0 Å². The summed E-state index contributed by atoms with van der Waals surface area (Å²) in [5, 5.41) is 3.55. The van der Waals surface area contributed by atoms with Crippen molar-refractivity contribution in [2.75, 3.05) is 13.1 Å². The first-order chi connectivity index (χ1) is 8.20. The van der Waals surface area contributed by atoms with Crippen molar-refractivity contribution in [3.05, 3.63) is 21.4 Å². The second-order valence-electron chi connectivity index (χ2n) is 5.39. The molecule has 1 heterocycles. The Kier molecular flexibility index (Phi) is 4.60. The summed E-state index contributed by atoms with van der Waals surface area (Å²) in [6, 6.07) is 2.40. The fraction of sp³-hybridized carbons (Fsp3) is 0.714. The van der Waals surface area contributed by atoms with E-state index in [1.807, 2.05) is 11.3 Å². The molecule has 0 radical (unpaired) electrons. The van der Waals surface area contributed by atoms with Crippen molar-refractivity contribution < 1.29 is 0 Å². The van der Waals surface area contributed by atoms with Crippen molar-refractivity contribution in [1.29, 1.82) is 0 Å². The Morgan fingerprint density at radius 2 is 2.24 bits per heavy atom. The molecule has 1 aromatic rings. The number of rotatable bonds is 6. The van der Waals surface area contributed by atoms with Gasteiger partial charge in [0, 0.05) is 16.3 Å². The highest BCUT2D eigenvalue weighted by molar-refractivity contribution is 7.12. The maximum absolute atomic E-state index is 5.77. The van der Waals surface area contributed by atoms with Gasteiger partial charge in [-0.15, -0.1) is 11.3 Å². The first kappa shape index (κ1) is 13.1. The summed E-state index contributed by atoms with van der Waals surface area (Å²) in [7, 11) is 0. The van der Waals surface area contributed by atoms with E-state index < -0.39 is 0 Å². The predicted molar refractivity (Wildman–Crippen MR) is 75.4 cm³/mol. The first-order valence-corrected chi connectivity index (χ1v) is 7.53. The Morgan fingerprint density at radius 1 is 1.41 bits per heavy atom. The van der Waals surface area contributed by atoms with Crippen LogP contribution in [0, 0.1) is 11.8 Å². The van der Waals surface area contributed by atoms with E-state index in [1.54, 1.807) is 10.4 Å². The van der Waals surface area contributed by atoms with E-state index in [0.717, 1.165) is 19.6 Å². The SMILES string of the molecule is CC(C)C(CN)CNCc1cc2c(s1)CCC2. The van der Waals surface area contributed by atoms with E-state index in [1.165, 1.54) is 24.1 Å². The largest absolute Gasteiger partial charge is 0.330 e. The highest BCUT2D eigenvalue weighted by Crippen LogP contribution is 2.30. The molecule has 0 fully saturated rings. The van der Waals surface area contributed by atoms with Gasteiger partial charge in [-0.3, -0.25) is 0 Å². The number of aryl methyl sites for hydroxylation is 2. The fourth-order valence-corrected chi connectivity index (χ4v) is 3.68. The predicted octanol–water partition coefficient (Wildman–Crippen LogP) is 2.56. The summed E-state index contributed by atoms with van der Waals surface area (Å²) in [6.45, 7) is 7.33. The minimum Gasteiger partial charge on any atom is -0.330 e. The first-order valence-electron chi connectivity index (χ1n) is 6.72. The Morgan fingerprint density at radius 3 is 2.88 bits per heavy atom. The van der Waals surface area contributed by atoms with Crippen molar-refractivity contribution in [1.82, 2.24) is 5.32 Å². The van der Waals surface area contributed by atoms with Gasteiger partial charge < -0.3 is 11.1 Å². The standard InChI is InChI=1S/C14H24N2S/c1-10(2)12(7-15)8-16-9-13-6-11-4-3-5-14(11)17-13/h6,10,12,16H,3-5,7-9,15H2,1-2H3. The lowest BCUT2D eigenvalue weighted by Gasteiger charge is -2.18. The lowest BCUT2D eigenvalue weighted by atomic mass is 9.96. The van der Waals surface area contributed by atoms with Crippen LogP contribution >= 0.6 is 11.3 Å². The van der Waals surface area contributed by atoms with Gasteiger partial charge in [0.1, 0.15) is 0 Å². The zero-order valence-electron chi connectivity index (χ0n) is 11.0. The third-order valence-electron chi connectivity index (χ3n) is 3.75. The second-order valence-corrected chi connectivity index (χ2v) is 6.61. The van der Waals surface area contributed by atoms with Crippen LogP contribution in [-0.2, 0) is 19.4 Å². The van der Waals surface area contributed by atoms with Gasteiger partial charge in [-0.2, -0.15) is 0 Å². The van der Waals surface area contributed by atoms with E-state index in [0.29, 0.717) is 11.8 Å². The highest BCUT2D eigenvalue weighted by Gasteiger charge is 2.15. The van der Waals surface area contributed by atoms with Crippen LogP contribution in [0.3, 0.4) is 0 Å². The molecule has 17 heavy (non-hydrogen) atoms. The third-order valence-corrected chi connectivity index (χ3v) is 4.99. The fourth-order valence-electron chi connectivity index (χ4n) is 2.45. The second kappa shape index (κ2) is 5.98. The highest BCUT2D eigenvalue weighted by atomic mass is 32.1. The minimum absolute atomic E-state index is 0.599. The minimum atomic E-state index is 0.599. The lowest BCUT2D eigenvalue weighted by Crippen LogP contribution is -2.31. The summed E-state index contributed by atoms with van der Waals surface area (Å²) < 4.78 is 0. The maximum Gasteiger partial charge on any atom is 0.0300 e. The Hall–Kier alpha value is -0.380. The normalized spacial score (nSPS) is 16.5. The quantitative estimate of drug-likeness (QED) is 0.816. The van der Waals surface area contributed by atoms with E-state index in [-0.39, 0.29) is 0 Å². The molecule has 1 aliphatic rings. The molecule has 96 valence electrons. The molecule has 1 unspecified atom stereocenters. The molecule has 1 aliphatic carbocycles. The van der Waals surface area contributed by atoms with E-state index in [4.69, 9.17) is 5.73 Å². The molecule has 2 rings (SSSR count). The average molecular weight is 252 g/mol. The molecule has 0 bridgehead atoms. The third kappa shape index (κ3) is 3.30. The van der Waals surface area contributed by atoms with E-state index >= 15 is 0 Å². The summed E-state index contributed by atoms with van der Waals surface area (Å²) in [5.41, 5.74) is 7.38. The number of nitrogens with one attached hydrogen (secondary N) is 1. The van der Waals surface area contributed by atoms with Crippen LogP contribution < -0.4 is 11.1 Å². The van der Waals surface area contributed by atoms with Crippen LogP contribution in [0.15, 0.2) is 6.07 Å². The topological polar surface area (TPSA) is 38.0 Å². The summed E-state index contributed by atoms with van der Waals surface area (Å²) in [4.78, 5) is 3.12. The summed E-state index contributed by atoms with van der Waals surface area (Å²) in [6.07, 6.45) is 3.96. The van der Waals surface area contributed by atoms with E-state index in [2.05, 4.69) is 25.2 Å². The van der Waals surface area contributed by atoms with Gasteiger partial charge >= 0.3 is 0 Å². The molecule has 2 nitrogen and oxygen atoms in total. The molecular formula is C14H24N2S. The molecular weight excluding hydrogens is 228 g/mol. The van der Waals surface area contributed by atoms with Crippen molar-refractivity contribution in [2.45, 2.75) is 39.7 Å². The molecule has 0 spiro atoms. The van der Waals surface area contributed by atoms with Crippen molar-refractivity contribution in [2.24, 2.45) is 17.6 Å². The number of fused-ring (bicyclic) bond motifs is 1. The average Bonchev–Trinajstić information content (AvgIpc) is 2.83.